The molecule has 0 aliphatic heterocycles. The molecule has 0 fully saturated rings. The van der Waals surface area contributed by atoms with Gasteiger partial charge in [-0.2, -0.15) is 0 Å². The molecule has 0 amide bonds. The summed E-state index contributed by atoms with van der Waals surface area (Å²) in [6.07, 6.45) is 10.8. The van der Waals surface area contributed by atoms with Gasteiger partial charge in [-0.15, -0.1) is 0 Å². The Morgan fingerprint density at radius 3 is 1.10 bits per heavy atom. The van der Waals surface area contributed by atoms with Gasteiger partial charge in [-0.1, -0.05) is 0 Å². The molecule has 128 valence electrons. The van der Waals surface area contributed by atoms with Gasteiger partial charge in [-0.05, 0) is 0 Å². The number of hydrogen-bond acceptors (Lipinski definition) is 3. The second-order valence-electron chi connectivity index (χ2n) is 5.70. The van der Waals surface area contributed by atoms with Crippen molar-refractivity contribution in [3.05, 3.63) is 0 Å². The molecule has 0 aliphatic carbocycles. The standard InChI is InChI=1S/3C5H11O.C2H5.Zr/c3*1-2-3-4-5-6;1-2;/h3*2-5H2,1H3;1H2,2H3;/q3*-1;;+3. The molecule has 0 bridgehead atoms. The van der Waals surface area contributed by atoms with Crippen LogP contribution in [-0.2, 0) is 30.0 Å². The Kier molecular flexibility index (Phi) is 16.2. The Bertz CT molecular complexity index is 181. The third-order valence-electron chi connectivity index (χ3n) is 3.64. The van der Waals surface area contributed by atoms with Gasteiger partial charge in [0.15, 0.2) is 0 Å². The zero-order valence-corrected chi connectivity index (χ0v) is 17.4. The zero-order chi connectivity index (χ0) is 15.8. The monoisotopic (exact) mass is 380 g/mol. The molecular weight excluding hydrogens is 343 g/mol. The van der Waals surface area contributed by atoms with Crippen molar-refractivity contribution < 1.29 is 30.0 Å². The summed E-state index contributed by atoms with van der Waals surface area (Å²) < 4.78 is 19.6. The second kappa shape index (κ2) is 15.7. The molecule has 0 aromatic rings. The van der Waals surface area contributed by atoms with Crippen molar-refractivity contribution in [2.24, 2.45) is 0 Å². The molecule has 0 aromatic carbocycles. The SMILES string of the molecule is CCCCC[O][Zr]([CH2]C)([O]CCCCC)[O]CCCCC. The molecule has 0 saturated heterocycles. The third kappa shape index (κ3) is 11.9. The molecule has 0 heterocycles. The van der Waals surface area contributed by atoms with E-state index in [0.29, 0.717) is 0 Å². The molecule has 4 heteroatoms. The molecule has 0 spiro atoms. The van der Waals surface area contributed by atoms with Crippen LogP contribution in [0.15, 0.2) is 0 Å². The van der Waals surface area contributed by atoms with E-state index in [1.165, 1.54) is 38.5 Å². The summed E-state index contributed by atoms with van der Waals surface area (Å²) in [6, 6.07) is 0. The molecule has 0 rings (SSSR count). The van der Waals surface area contributed by atoms with E-state index in [-0.39, 0.29) is 0 Å². The van der Waals surface area contributed by atoms with E-state index in [9.17, 15) is 0 Å². The molecule has 0 atom stereocenters. The van der Waals surface area contributed by atoms with Crippen molar-refractivity contribution >= 4 is 0 Å². The fourth-order valence-electron chi connectivity index (χ4n) is 2.17. The van der Waals surface area contributed by atoms with Crippen LogP contribution in [0.4, 0.5) is 0 Å². The average molecular weight is 382 g/mol. The minimum absolute atomic E-state index is 0.819. The number of hydrogen-bond donors (Lipinski definition) is 0. The topological polar surface area (TPSA) is 27.7 Å². The van der Waals surface area contributed by atoms with Crippen LogP contribution in [0.1, 0.15) is 85.5 Å². The van der Waals surface area contributed by atoms with E-state index in [4.69, 9.17) is 8.44 Å². The Morgan fingerprint density at radius 2 is 0.857 bits per heavy atom. The van der Waals surface area contributed by atoms with Gasteiger partial charge in [0.25, 0.3) is 0 Å². The fraction of sp³-hybridized carbons (Fsp3) is 1.00. The number of rotatable bonds is 16. The second-order valence-corrected chi connectivity index (χ2v) is 12.9. The average Bonchev–Trinajstić information content (AvgIpc) is 2.51. The predicted octanol–water partition coefficient (Wildman–Crippen LogP) is 5.94. The molecule has 0 N–H and O–H groups in total. The molecule has 0 aromatic heterocycles. The quantitative estimate of drug-likeness (QED) is 0.309. The summed E-state index contributed by atoms with van der Waals surface area (Å²) in [5.74, 6) is 0. The van der Waals surface area contributed by atoms with E-state index >= 15 is 0 Å². The maximum atomic E-state index is 6.21. The summed E-state index contributed by atoms with van der Waals surface area (Å²) in [6.45, 7) is 11.3. The van der Waals surface area contributed by atoms with Gasteiger partial charge in [-0.3, -0.25) is 0 Å². The molecule has 21 heavy (non-hydrogen) atoms. The van der Waals surface area contributed by atoms with E-state index in [2.05, 4.69) is 27.7 Å². The van der Waals surface area contributed by atoms with Crippen molar-refractivity contribution in [2.45, 2.75) is 89.6 Å². The van der Waals surface area contributed by atoms with Crippen LogP contribution in [0.2, 0.25) is 4.13 Å². The third-order valence-corrected chi connectivity index (χ3v) is 10.5. The van der Waals surface area contributed by atoms with Crippen LogP contribution >= 0.6 is 0 Å². The van der Waals surface area contributed by atoms with Crippen molar-refractivity contribution in [3.63, 3.8) is 0 Å². The van der Waals surface area contributed by atoms with Crippen LogP contribution in [0, 0.1) is 0 Å². The van der Waals surface area contributed by atoms with Crippen molar-refractivity contribution in [3.8, 4) is 0 Å². The summed E-state index contributed by atoms with van der Waals surface area (Å²) >= 11 is -3.24. The summed E-state index contributed by atoms with van der Waals surface area (Å²) in [4.78, 5) is 0. The van der Waals surface area contributed by atoms with Crippen LogP contribution in [-0.4, -0.2) is 19.8 Å². The first-order valence-corrected chi connectivity index (χ1v) is 13.9. The van der Waals surface area contributed by atoms with E-state index in [0.717, 1.165) is 43.2 Å². The van der Waals surface area contributed by atoms with Crippen LogP contribution < -0.4 is 0 Å². The van der Waals surface area contributed by atoms with Gasteiger partial charge >= 0.3 is 139 Å². The van der Waals surface area contributed by atoms with E-state index < -0.39 is 21.6 Å². The first kappa shape index (κ1) is 21.8. The Hall–Kier alpha value is 0.763. The summed E-state index contributed by atoms with van der Waals surface area (Å²) in [7, 11) is 0. The molecule has 3 nitrogen and oxygen atoms in total. The molecule has 0 saturated carbocycles. The van der Waals surface area contributed by atoms with Gasteiger partial charge < -0.3 is 0 Å². The van der Waals surface area contributed by atoms with Gasteiger partial charge in [0.1, 0.15) is 0 Å². The normalized spacial score (nSPS) is 12.0. The van der Waals surface area contributed by atoms with Gasteiger partial charge in [-0.25, -0.2) is 0 Å². The Labute approximate surface area is 139 Å². The maximum absolute atomic E-state index is 6.21. The van der Waals surface area contributed by atoms with Crippen LogP contribution in [0.25, 0.3) is 0 Å². The van der Waals surface area contributed by atoms with Crippen molar-refractivity contribution in [1.82, 2.24) is 0 Å². The van der Waals surface area contributed by atoms with Gasteiger partial charge in [0.2, 0.25) is 0 Å². The molecule has 0 unspecified atom stereocenters. The molecular formula is C17H38O3Zr. The van der Waals surface area contributed by atoms with Crippen molar-refractivity contribution in [1.29, 1.82) is 0 Å². The molecule has 0 radical (unpaired) electrons. The number of unbranched alkanes of at least 4 members (excludes halogenated alkanes) is 6. The van der Waals surface area contributed by atoms with E-state index in [1.807, 2.05) is 0 Å². The van der Waals surface area contributed by atoms with Gasteiger partial charge in [0, 0.05) is 0 Å². The van der Waals surface area contributed by atoms with Gasteiger partial charge in [0.05, 0.1) is 0 Å². The summed E-state index contributed by atoms with van der Waals surface area (Å²) in [5, 5.41) is 0. The zero-order valence-electron chi connectivity index (χ0n) is 14.9. The summed E-state index contributed by atoms with van der Waals surface area (Å²) in [5.41, 5.74) is 0. The van der Waals surface area contributed by atoms with E-state index in [1.54, 1.807) is 0 Å². The minimum atomic E-state index is -3.24. The first-order valence-electron chi connectivity index (χ1n) is 9.16. The Balaban J connectivity index is 4.22. The predicted molar refractivity (Wildman–Crippen MR) is 86.9 cm³/mol. The van der Waals surface area contributed by atoms with Crippen LogP contribution in [0.5, 0.6) is 0 Å². The fourth-order valence-corrected chi connectivity index (χ4v) is 7.65. The molecule has 0 aliphatic rings. The first-order chi connectivity index (χ1) is 10.2. The Morgan fingerprint density at radius 1 is 0.524 bits per heavy atom. The van der Waals surface area contributed by atoms with Crippen LogP contribution in [0.3, 0.4) is 0 Å². The van der Waals surface area contributed by atoms with Crippen molar-refractivity contribution in [2.75, 3.05) is 19.8 Å².